The molecule has 0 aliphatic rings. The van der Waals surface area contributed by atoms with Gasteiger partial charge in [-0.15, -0.1) is 0 Å². The molecular formula is C22H18ClFN8O3S. The topological polar surface area (TPSA) is 183 Å². The first kappa shape index (κ1) is 25.0. The van der Waals surface area contributed by atoms with E-state index in [4.69, 9.17) is 22.5 Å². The van der Waals surface area contributed by atoms with Gasteiger partial charge < -0.3 is 11.1 Å². The predicted molar refractivity (Wildman–Crippen MR) is 129 cm³/mol. The molecule has 36 heavy (non-hydrogen) atoms. The van der Waals surface area contributed by atoms with Crippen molar-refractivity contribution in [2.75, 3.05) is 5.73 Å². The lowest BCUT2D eigenvalue weighted by atomic mass is 10.1. The van der Waals surface area contributed by atoms with Gasteiger partial charge >= 0.3 is 0 Å². The highest BCUT2D eigenvalue weighted by molar-refractivity contribution is 7.89. The zero-order chi connectivity index (χ0) is 26.2. The van der Waals surface area contributed by atoms with Gasteiger partial charge in [0.25, 0.3) is 5.91 Å². The number of nitrogens with one attached hydrogen (secondary N) is 1. The molecular weight excluding hydrogens is 511 g/mol. The third-order valence-corrected chi connectivity index (χ3v) is 6.39. The van der Waals surface area contributed by atoms with Gasteiger partial charge in [-0.2, -0.15) is 10.4 Å². The molecule has 184 valence electrons. The monoisotopic (exact) mass is 528 g/mol. The smallest absolute Gasteiger partial charge is 0.256 e. The highest BCUT2D eigenvalue weighted by Gasteiger charge is 2.20. The third-order valence-electron chi connectivity index (χ3n) is 5.26. The van der Waals surface area contributed by atoms with E-state index in [1.165, 1.54) is 29.2 Å². The lowest BCUT2D eigenvalue weighted by Crippen LogP contribution is -2.24. The first-order chi connectivity index (χ1) is 17.0. The van der Waals surface area contributed by atoms with Crippen molar-refractivity contribution in [1.82, 2.24) is 25.1 Å². The van der Waals surface area contributed by atoms with Gasteiger partial charge in [-0.3, -0.25) is 14.5 Å². The van der Waals surface area contributed by atoms with Crippen molar-refractivity contribution in [3.8, 4) is 6.07 Å². The maximum Gasteiger partial charge on any atom is 0.256 e. The summed E-state index contributed by atoms with van der Waals surface area (Å²) in [5, 5.41) is 22.2. The van der Waals surface area contributed by atoms with E-state index < -0.39 is 21.7 Å². The number of benzene rings is 1. The summed E-state index contributed by atoms with van der Waals surface area (Å²) in [4.78, 5) is 20.6. The van der Waals surface area contributed by atoms with Crippen molar-refractivity contribution < 1.29 is 17.6 Å². The van der Waals surface area contributed by atoms with Crippen LogP contribution >= 0.6 is 11.6 Å². The second kappa shape index (κ2) is 9.50. The van der Waals surface area contributed by atoms with E-state index in [2.05, 4.69) is 20.4 Å². The lowest BCUT2D eigenvalue weighted by Gasteiger charge is -2.09. The summed E-state index contributed by atoms with van der Waals surface area (Å²) in [7, 11) is -4.12. The van der Waals surface area contributed by atoms with E-state index in [1.807, 2.05) is 6.07 Å². The van der Waals surface area contributed by atoms with Crippen LogP contribution in [0, 0.1) is 24.1 Å². The van der Waals surface area contributed by atoms with Gasteiger partial charge in [0.05, 0.1) is 22.6 Å². The van der Waals surface area contributed by atoms with Crippen LogP contribution < -0.4 is 16.2 Å². The standard InChI is InChI=1S/C22H18ClFN8O3S/c1-11-15(17(24)5-20(26)30-11)8-29-22(33)16-10-32(31-18(16)6-25)9-12-2-13-4-14(23)7-28-21(13)19(3-12)36(27,34)35/h2-5,7,10H,8-9H2,1H3,(H2,26,30)(H,29,33)(H2,27,34,35). The molecule has 0 bridgehead atoms. The molecule has 0 aliphatic carbocycles. The van der Waals surface area contributed by atoms with Crippen LogP contribution in [0.25, 0.3) is 10.9 Å². The summed E-state index contributed by atoms with van der Waals surface area (Å²) >= 11 is 6.00. The Morgan fingerprint density at radius 2 is 2.06 bits per heavy atom. The largest absolute Gasteiger partial charge is 0.384 e. The Kier molecular flexibility index (Phi) is 6.59. The number of carbonyl (C=O) groups is 1. The minimum Gasteiger partial charge on any atom is -0.384 e. The second-order valence-electron chi connectivity index (χ2n) is 7.84. The molecule has 0 fully saturated rings. The van der Waals surface area contributed by atoms with Crippen LogP contribution in [0.5, 0.6) is 0 Å². The lowest BCUT2D eigenvalue weighted by molar-refractivity contribution is 0.0950. The molecule has 11 nitrogen and oxygen atoms in total. The average molecular weight is 529 g/mol. The third kappa shape index (κ3) is 5.10. The summed E-state index contributed by atoms with van der Waals surface area (Å²) in [5.41, 5.74) is 6.39. The van der Waals surface area contributed by atoms with Gasteiger partial charge in [-0.25, -0.2) is 22.9 Å². The van der Waals surface area contributed by atoms with E-state index in [0.29, 0.717) is 21.7 Å². The van der Waals surface area contributed by atoms with Gasteiger partial charge in [0, 0.05) is 41.6 Å². The van der Waals surface area contributed by atoms with Gasteiger partial charge in [0.15, 0.2) is 5.69 Å². The zero-order valence-electron chi connectivity index (χ0n) is 18.7. The number of anilines is 1. The molecule has 3 heterocycles. The summed E-state index contributed by atoms with van der Waals surface area (Å²) in [6, 6.07) is 7.42. The maximum absolute atomic E-state index is 14.2. The Balaban J connectivity index is 1.63. The fraction of sp³-hybridized carbons (Fsp3) is 0.136. The number of carbonyl (C=O) groups excluding carboxylic acids is 1. The quantitative estimate of drug-likeness (QED) is 0.339. The van der Waals surface area contributed by atoms with E-state index in [1.54, 1.807) is 13.0 Å². The average Bonchev–Trinajstić information content (AvgIpc) is 3.19. The number of amides is 1. The molecule has 5 N–H and O–H groups in total. The molecule has 1 amide bonds. The van der Waals surface area contributed by atoms with Gasteiger partial charge in [0.2, 0.25) is 10.0 Å². The molecule has 0 aliphatic heterocycles. The highest BCUT2D eigenvalue weighted by Crippen LogP contribution is 2.25. The Morgan fingerprint density at radius 3 is 2.72 bits per heavy atom. The second-order valence-corrected chi connectivity index (χ2v) is 9.81. The van der Waals surface area contributed by atoms with Crippen molar-refractivity contribution in [2.24, 2.45) is 5.14 Å². The predicted octanol–water partition coefficient (Wildman–Crippen LogP) is 2.01. The zero-order valence-corrected chi connectivity index (χ0v) is 20.2. The van der Waals surface area contributed by atoms with Crippen LogP contribution in [-0.2, 0) is 23.1 Å². The summed E-state index contributed by atoms with van der Waals surface area (Å²) in [6.45, 7) is 1.38. The molecule has 0 spiro atoms. The number of halogens is 2. The number of aryl methyl sites for hydroxylation is 1. The SMILES string of the molecule is Cc1nc(N)cc(F)c1CNC(=O)c1cn(Cc2cc(S(N)(=O)=O)c3ncc(Cl)cc3c2)nc1C#N. The van der Waals surface area contributed by atoms with Gasteiger partial charge in [0.1, 0.15) is 22.6 Å². The number of nitrogen functional groups attached to an aromatic ring is 1. The van der Waals surface area contributed by atoms with E-state index >= 15 is 0 Å². The molecule has 14 heteroatoms. The number of nitrogens with two attached hydrogens (primary N) is 2. The van der Waals surface area contributed by atoms with Crippen molar-refractivity contribution in [3.63, 3.8) is 0 Å². The molecule has 4 aromatic rings. The fourth-order valence-electron chi connectivity index (χ4n) is 3.65. The normalized spacial score (nSPS) is 11.4. The van der Waals surface area contributed by atoms with Crippen LogP contribution in [0.3, 0.4) is 0 Å². The van der Waals surface area contributed by atoms with Crippen molar-refractivity contribution >= 4 is 44.3 Å². The number of pyridine rings is 2. The Labute approximate surface area is 209 Å². The van der Waals surface area contributed by atoms with Crippen molar-refractivity contribution in [1.29, 1.82) is 5.26 Å². The van der Waals surface area contributed by atoms with E-state index in [9.17, 15) is 22.9 Å². The minimum absolute atomic E-state index is 0.00253. The molecule has 0 atom stereocenters. The van der Waals surface area contributed by atoms with E-state index in [0.717, 1.165) is 6.07 Å². The number of aromatic nitrogens is 4. The number of sulfonamides is 1. The first-order valence-corrected chi connectivity index (χ1v) is 12.2. The number of hydrogen-bond donors (Lipinski definition) is 3. The molecule has 0 saturated carbocycles. The van der Waals surface area contributed by atoms with Crippen LogP contribution in [0.15, 0.2) is 41.6 Å². The van der Waals surface area contributed by atoms with Crippen molar-refractivity contribution in [2.45, 2.75) is 24.9 Å². The Hall–Kier alpha value is -4.12. The number of nitriles is 1. The summed E-state index contributed by atoms with van der Waals surface area (Å²) in [6.07, 6.45) is 2.64. The summed E-state index contributed by atoms with van der Waals surface area (Å²) < 4.78 is 39.8. The molecule has 1 aromatic carbocycles. The van der Waals surface area contributed by atoms with Gasteiger partial charge in [-0.05, 0) is 30.7 Å². The number of rotatable bonds is 6. The Bertz CT molecular complexity index is 1660. The summed E-state index contributed by atoms with van der Waals surface area (Å²) in [5.74, 6) is -1.26. The molecule has 3 aromatic heterocycles. The fourth-order valence-corrected chi connectivity index (χ4v) is 4.58. The molecule has 4 rings (SSSR count). The first-order valence-electron chi connectivity index (χ1n) is 10.2. The molecule has 0 unspecified atom stereocenters. The van der Waals surface area contributed by atoms with Crippen LogP contribution in [0.2, 0.25) is 5.02 Å². The molecule has 0 radical (unpaired) electrons. The maximum atomic E-state index is 14.2. The number of fused-ring (bicyclic) bond motifs is 1. The molecule has 0 saturated heterocycles. The highest BCUT2D eigenvalue weighted by atomic mass is 35.5. The van der Waals surface area contributed by atoms with Crippen LogP contribution in [0.4, 0.5) is 10.2 Å². The number of primary sulfonamides is 1. The number of nitrogens with zero attached hydrogens (tertiary/aromatic N) is 5. The minimum atomic E-state index is -4.12. The van der Waals surface area contributed by atoms with Crippen LogP contribution in [-0.4, -0.2) is 34.1 Å². The van der Waals surface area contributed by atoms with Crippen LogP contribution in [0.1, 0.15) is 32.9 Å². The van der Waals surface area contributed by atoms with Gasteiger partial charge in [-0.1, -0.05) is 11.6 Å². The van der Waals surface area contributed by atoms with E-state index in [-0.39, 0.29) is 46.1 Å². The Morgan fingerprint density at radius 1 is 1.31 bits per heavy atom. The number of hydrogen-bond acceptors (Lipinski definition) is 8. The van der Waals surface area contributed by atoms with Crippen molar-refractivity contribution in [3.05, 3.63) is 75.6 Å².